The molecule has 4 heteroatoms. The van der Waals surface area contributed by atoms with Crippen LogP contribution in [-0.2, 0) is 10.3 Å². The Bertz CT molecular complexity index is 422. The normalized spacial score (nSPS) is 23.1. The number of hydrogen-bond acceptors (Lipinski definition) is 4. The van der Waals surface area contributed by atoms with Gasteiger partial charge in [-0.2, -0.15) is 0 Å². The standard InChI is InChI=1S/C16H24O4/c1-3-19-14-7-6-13(12-15(14)20-4-2)16(17)8-5-10-18-11-9-16/h6-7,12,17H,3-5,8-11H2,1-2H3. The summed E-state index contributed by atoms with van der Waals surface area (Å²) in [4.78, 5) is 0. The molecule has 0 saturated carbocycles. The van der Waals surface area contributed by atoms with Crippen molar-refractivity contribution < 1.29 is 19.3 Å². The van der Waals surface area contributed by atoms with Crippen molar-refractivity contribution in [2.75, 3.05) is 26.4 Å². The largest absolute Gasteiger partial charge is 0.490 e. The minimum atomic E-state index is -0.826. The van der Waals surface area contributed by atoms with E-state index in [9.17, 15) is 5.11 Å². The van der Waals surface area contributed by atoms with Gasteiger partial charge in [0.1, 0.15) is 0 Å². The number of aliphatic hydroxyl groups is 1. The molecule has 1 atom stereocenters. The molecule has 4 nitrogen and oxygen atoms in total. The average molecular weight is 280 g/mol. The van der Waals surface area contributed by atoms with Crippen molar-refractivity contribution >= 4 is 0 Å². The lowest BCUT2D eigenvalue weighted by Crippen LogP contribution is -2.26. The summed E-state index contributed by atoms with van der Waals surface area (Å²) in [7, 11) is 0. The fourth-order valence-corrected chi connectivity index (χ4v) is 2.56. The van der Waals surface area contributed by atoms with Crippen LogP contribution in [0.3, 0.4) is 0 Å². The fourth-order valence-electron chi connectivity index (χ4n) is 2.56. The highest BCUT2D eigenvalue weighted by molar-refractivity contribution is 5.44. The van der Waals surface area contributed by atoms with E-state index < -0.39 is 5.60 Å². The van der Waals surface area contributed by atoms with Gasteiger partial charge in [-0.3, -0.25) is 0 Å². The van der Waals surface area contributed by atoms with Gasteiger partial charge in [0.2, 0.25) is 0 Å². The van der Waals surface area contributed by atoms with Crippen LogP contribution in [0.4, 0.5) is 0 Å². The molecule has 1 aliphatic heterocycles. The van der Waals surface area contributed by atoms with Gasteiger partial charge in [-0.25, -0.2) is 0 Å². The molecule has 1 fully saturated rings. The van der Waals surface area contributed by atoms with Gasteiger partial charge in [0.15, 0.2) is 11.5 Å². The van der Waals surface area contributed by atoms with E-state index in [1.165, 1.54) is 0 Å². The van der Waals surface area contributed by atoms with Crippen molar-refractivity contribution in [3.8, 4) is 11.5 Å². The zero-order valence-electron chi connectivity index (χ0n) is 12.4. The van der Waals surface area contributed by atoms with Crippen LogP contribution in [0, 0.1) is 0 Å². The van der Waals surface area contributed by atoms with Gasteiger partial charge in [0.05, 0.1) is 18.8 Å². The van der Waals surface area contributed by atoms with Crippen LogP contribution in [0.5, 0.6) is 11.5 Å². The smallest absolute Gasteiger partial charge is 0.161 e. The third-order valence-corrected chi connectivity index (χ3v) is 3.62. The average Bonchev–Trinajstić information content (AvgIpc) is 2.67. The van der Waals surface area contributed by atoms with E-state index in [2.05, 4.69) is 0 Å². The maximum absolute atomic E-state index is 10.9. The molecule has 1 N–H and O–H groups in total. The Morgan fingerprint density at radius 2 is 1.85 bits per heavy atom. The topological polar surface area (TPSA) is 47.9 Å². The molecule has 0 spiro atoms. The Hall–Kier alpha value is -1.26. The number of rotatable bonds is 5. The summed E-state index contributed by atoms with van der Waals surface area (Å²) in [5, 5.41) is 10.9. The summed E-state index contributed by atoms with van der Waals surface area (Å²) < 4.78 is 16.6. The van der Waals surface area contributed by atoms with Crippen LogP contribution >= 0.6 is 0 Å². The van der Waals surface area contributed by atoms with Gasteiger partial charge in [-0.05, 0) is 44.4 Å². The second kappa shape index (κ2) is 6.95. The lowest BCUT2D eigenvalue weighted by Gasteiger charge is -2.27. The van der Waals surface area contributed by atoms with E-state index in [1.807, 2.05) is 32.0 Å². The lowest BCUT2D eigenvalue weighted by atomic mass is 9.87. The molecule has 0 aromatic heterocycles. The molecular formula is C16H24O4. The molecule has 1 unspecified atom stereocenters. The summed E-state index contributed by atoms with van der Waals surface area (Å²) in [6.07, 6.45) is 2.20. The molecule has 1 aliphatic rings. The highest BCUT2D eigenvalue weighted by Gasteiger charge is 2.31. The third kappa shape index (κ3) is 3.44. The summed E-state index contributed by atoms with van der Waals surface area (Å²) in [5.41, 5.74) is 0.0579. The van der Waals surface area contributed by atoms with E-state index in [4.69, 9.17) is 14.2 Å². The van der Waals surface area contributed by atoms with E-state index in [-0.39, 0.29) is 0 Å². The molecule has 1 aromatic carbocycles. The van der Waals surface area contributed by atoms with Gasteiger partial charge >= 0.3 is 0 Å². The first-order chi connectivity index (χ1) is 9.69. The Balaban J connectivity index is 2.28. The maximum Gasteiger partial charge on any atom is 0.161 e. The van der Waals surface area contributed by atoms with Crippen LogP contribution in [-0.4, -0.2) is 31.5 Å². The molecule has 0 bridgehead atoms. The van der Waals surface area contributed by atoms with Crippen molar-refractivity contribution in [2.45, 2.75) is 38.7 Å². The SMILES string of the molecule is CCOc1ccc(C2(O)CCCOCC2)cc1OCC. The number of hydrogen-bond donors (Lipinski definition) is 1. The maximum atomic E-state index is 10.9. The highest BCUT2D eigenvalue weighted by Crippen LogP contribution is 2.37. The summed E-state index contributed by atoms with van der Waals surface area (Å²) >= 11 is 0. The van der Waals surface area contributed by atoms with Crippen LogP contribution in [0.15, 0.2) is 18.2 Å². The Morgan fingerprint density at radius 1 is 1.10 bits per heavy atom. The molecule has 1 aromatic rings. The molecule has 0 aliphatic carbocycles. The quantitative estimate of drug-likeness (QED) is 0.901. The minimum Gasteiger partial charge on any atom is -0.490 e. The monoisotopic (exact) mass is 280 g/mol. The number of benzene rings is 1. The summed E-state index contributed by atoms with van der Waals surface area (Å²) in [6.45, 7) is 6.37. The van der Waals surface area contributed by atoms with E-state index in [1.54, 1.807) is 0 Å². The summed E-state index contributed by atoms with van der Waals surface area (Å²) in [6, 6.07) is 5.71. The lowest BCUT2D eigenvalue weighted by molar-refractivity contribution is 0.0141. The van der Waals surface area contributed by atoms with Gasteiger partial charge < -0.3 is 19.3 Å². The molecular weight excluding hydrogens is 256 g/mol. The van der Waals surface area contributed by atoms with Crippen molar-refractivity contribution in [3.63, 3.8) is 0 Å². The van der Waals surface area contributed by atoms with Gasteiger partial charge in [0.25, 0.3) is 0 Å². The molecule has 1 saturated heterocycles. The van der Waals surface area contributed by atoms with Crippen LogP contribution in [0.1, 0.15) is 38.7 Å². The Kier molecular flexibility index (Phi) is 5.26. The first kappa shape index (κ1) is 15.1. The Morgan fingerprint density at radius 3 is 2.60 bits per heavy atom. The predicted molar refractivity (Wildman–Crippen MR) is 77.3 cm³/mol. The summed E-state index contributed by atoms with van der Waals surface area (Å²) in [5.74, 6) is 1.43. The first-order valence-corrected chi connectivity index (χ1v) is 7.40. The van der Waals surface area contributed by atoms with E-state index in [0.29, 0.717) is 38.4 Å². The first-order valence-electron chi connectivity index (χ1n) is 7.40. The van der Waals surface area contributed by atoms with Gasteiger partial charge in [-0.1, -0.05) is 6.07 Å². The van der Waals surface area contributed by atoms with Gasteiger partial charge in [-0.15, -0.1) is 0 Å². The molecule has 0 radical (unpaired) electrons. The van der Waals surface area contributed by atoms with Crippen molar-refractivity contribution in [3.05, 3.63) is 23.8 Å². The zero-order valence-corrected chi connectivity index (χ0v) is 12.4. The van der Waals surface area contributed by atoms with E-state index in [0.717, 1.165) is 24.3 Å². The minimum absolute atomic E-state index is 0.574. The molecule has 112 valence electrons. The third-order valence-electron chi connectivity index (χ3n) is 3.62. The molecule has 20 heavy (non-hydrogen) atoms. The van der Waals surface area contributed by atoms with Crippen LogP contribution in [0.25, 0.3) is 0 Å². The molecule has 2 rings (SSSR count). The second-order valence-electron chi connectivity index (χ2n) is 5.03. The van der Waals surface area contributed by atoms with Crippen molar-refractivity contribution in [1.82, 2.24) is 0 Å². The highest BCUT2D eigenvalue weighted by atomic mass is 16.5. The molecule has 0 amide bonds. The van der Waals surface area contributed by atoms with Crippen LogP contribution < -0.4 is 9.47 Å². The van der Waals surface area contributed by atoms with Crippen molar-refractivity contribution in [2.24, 2.45) is 0 Å². The fraction of sp³-hybridized carbons (Fsp3) is 0.625. The van der Waals surface area contributed by atoms with Crippen LogP contribution in [0.2, 0.25) is 0 Å². The predicted octanol–water partition coefficient (Wildman–Crippen LogP) is 2.87. The number of ether oxygens (including phenoxy) is 3. The second-order valence-corrected chi connectivity index (χ2v) is 5.03. The van der Waals surface area contributed by atoms with Gasteiger partial charge in [0, 0.05) is 19.6 Å². The zero-order chi connectivity index (χ0) is 14.4. The van der Waals surface area contributed by atoms with Crippen molar-refractivity contribution in [1.29, 1.82) is 0 Å². The van der Waals surface area contributed by atoms with E-state index >= 15 is 0 Å². The molecule has 1 heterocycles. The Labute approximate surface area is 120 Å².